The molecule has 0 saturated heterocycles. The number of aliphatic imine (C=N–C) groups is 1. The maximum Gasteiger partial charge on any atom is 0.214 e. The van der Waals surface area contributed by atoms with Gasteiger partial charge in [-0.25, -0.2) is 0 Å². The van der Waals surface area contributed by atoms with E-state index in [0.29, 0.717) is 0 Å². The second-order valence-electron chi connectivity index (χ2n) is 1.04. The lowest BCUT2D eigenvalue weighted by Crippen LogP contribution is -2.14. The summed E-state index contributed by atoms with van der Waals surface area (Å²) in [6.07, 6.45) is 0. The first-order valence-electron chi connectivity index (χ1n) is 1.90. The van der Waals surface area contributed by atoms with Crippen LogP contribution >= 0.6 is 0 Å². The third-order valence-electron chi connectivity index (χ3n) is 0.382. The molecule has 0 amide bonds. The van der Waals surface area contributed by atoms with Gasteiger partial charge in [0.2, 0.25) is 5.96 Å². The van der Waals surface area contributed by atoms with Crippen molar-refractivity contribution in [2.24, 2.45) is 21.6 Å². The number of rotatable bonds is 0. The summed E-state index contributed by atoms with van der Waals surface area (Å²) in [6, 6.07) is 0. The summed E-state index contributed by atoms with van der Waals surface area (Å²) in [4.78, 5) is 5.41. The molecule has 0 saturated carbocycles. The molecule has 0 aliphatic rings. The maximum absolute atomic E-state index is 7.74. The van der Waals surface area contributed by atoms with Crippen molar-refractivity contribution in [3.8, 4) is 0 Å². The van der Waals surface area contributed by atoms with Gasteiger partial charge in [-0.15, -0.1) is 0 Å². The van der Waals surface area contributed by atoms with E-state index in [1.807, 2.05) is 0 Å². The average molecular weight is 127 g/mol. The number of azide groups is 1. The van der Waals surface area contributed by atoms with Gasteiger partial charge in [0.15, 0.2) is 5.96 Å². The van der Waals surface area contributed by atoms with Gasteiger partial charge < -0.3 is 11.5 Å². The molecule has 7 heteroatoms. The molecule has 0 aliphatic heterocycles. The topological polar surface area (TPSA) is 137 Å². The zero-order valence-electron chi connectivity index (χ0n) is 4.44. The molecule has 0 unspecified atom stereocenters. The molecule has 0 heterocycles. The van der Waals surface area contributed by atoms with Crippen LogP contribution in [0.5, 0.6) is 0 Å². The van der Waals surface area contributed by atoms with Crippen molar-refractivity contribution < 1.29 is 0 Å². The molecule has 0 aliphatic carbocycles. The predicted octanol–water partition coefficient (Wildman–Crippen LogP) is -0.495. The molecule has 9 heavy (non-hydrogen) atoms. The second-order valence-corrected chi connectivity index (χ2v) is 1.04. The number of nitrogens with zero attached hydrogens (tertiary/aromatic N) is 4. The van der Waals surface area contributed by atoms with Gasteiger partial charge in [0.25, 0.3) is 0 Å². The van der Waals surface area contributed by atoms with Crippen molar-refractivity contribution in [3.05, 3.63) is 10.4 Å². The molecule has 0 aromatic rings. The fourth-order valence-electron chi connectivity index (χ4n) is 0.192. The highest BCUT2D eigenvalue weighted by Crippen LogP contribution is 1.71. The van der Waals surface area contributed by atoms with E-state index in [1.54, 1.807) is 0 Å². The van der Waals surface area contributed by atoms with Crippen LogP contribution in [-0.2, 0) is 0 Å². The quantitative estimate of drug-likeness (QED) is 0.133. The highest BCUT2D eigenvalue weighted by molar-refractivity contribution is 5.92. The van der Waals surface area contributed by atoms with E-state index in [9.17, 15) is 0 Å². The van der Waals surface area contributed by atoms with Crippen LogP contribution in [0.2, 0.25) is 0 Å². The average Bonchev–Trinajstić information content (AvgIpc) is 1.63. The van der Waals surface area contributed by atoms with Crippen molar-refractivity contribution >= 4 is 11.9 Å². The third kappa shape index (κ3) is 4.10. The summed E-state index contributed by atoms with van der Waals surface area (Å²) in [5.41, 5.74) is 17.4. The van der Waals surface area contributed by atoms with Crippen LogP contribution in [0.4, 0.5) is 0 Å². The van der Waals surface area contributed by atoms with Gasteiger partial charge in [0.1, 0.15) is 0 Å². The van der Waals surface area contributed by atoms with Gasteiger partial charge in [-0.2, -0.15) is 4.99 Å². The van der Waals surface area contributed by atoms with Gasteiger partial charge in [0, 0.05) is 4.91 Å². The van der Waals surface area contributed by atoms with Gasteiger partial charge in [-0.3, -0.25) is 5.41 Å². The zero-order chi connectivity index (χ0) is 7.28. The Morgan fingerprint density at radius 1 is 1.56 bits per heavy atom. The molecule has 0 rings (SSSR count). The molecule has 48 valence electrons. The first-order valence-corrected chi connectivity index (χ1v) is 1.90. The van der Waals surface area contributed by atoms with Gasteiger partial charge >= 0.3 is 0 Å². The molecule has 7 nitrogen and oxygen atoms in total. The van der Waals surface area contributed by atoms with Gasteiger partial charge in [0.05, 0.1) is 0 Å². The van der Waals surface area contributed by atoms with Crippen LogP contribution in [0.15, 0.2) is 10.1 Å². The van der Waals surface area contributed by atoms with E-state index in [1.165, 1.54) is 0 Å². The largest absolute Gasteiger partial charge is 0.382 e. The zero-order valence-corrected chi connectivity index (χ0v) is 4.44. The molecular formula is C2H5N7. The molecule has 5 N–H and O–H groups in total. The third-order valence-corrected chi connectivity index (χ3v) is 0.382. The van der Waals surface area contributed by atoms with Crippen LogP contribution in [0.1, 0.15) is 0 Å². The first-order chi connectivity index (χ1) is 4.16. The van der Waals surface area contributed by atoms with Crippen molar-refractivity contribution in [2.75, 3.05) is 0 Å². The van der Waals surface area contributed by atoms with Crippen LogP contribution in [0.3, 0.4) is 0 Å². The lowest BCUT2D eigenvalue weighted by atomic mass is 11.0. The summed E-state index contributed by atoms with van der Waals surface area (Å²) in [6.45, 7) is 0. The van der Waals surface area contributed by atoms with Crippen LogP contribution in [-0.4, -0.2) is 11.9 Å². The minimum absolute atomic E-state index is 0.356. The van der Waals surface area contributed by atoms with E-state index >= 15 is 0 Å². The summed E-state index contributed by atoms with van der Waals surface area (Å²) < 4.78 is 0. The van der Waals surface area contributed by atoms with Gasteiger partial charge in [-0.05, 0) is 10.6 Å². The molecular weight excluding hydrogens is 122 g/mol. The Hall–Kier alpha value is -1.75. The van der Waals surface area contributed by atoms with Gasteiger partial charge in [-0.1, -0.05) is 0 Å². The number of nitrogens with two attached hydrogens (primary N) is 2. The van der Waals surface area contributed by atoms with Crippen LogP contribution in [0, 0.1) is 5.41 Å². The molecule has 0 aromatic carbocycles. The van der Waals surface area contributed by atoms with E-state index in [4.69, 9.17) is 22.4 Å². The van der Waals surface area contributed by atoms with Crippen molar-refractivity contribution in [1.29, 1.82) is 5.41 Å². The van der Waals surface area contributed by atoms with Crippen molar-refractivity contribution in [2.45, 2.75) is 0 Å². The highest BCUT2D eigenvalue weighted by Gasteiger charge is 1.83. The normalized spacial score (nSPS) is 10.0. The van der Waals surface area contributed by atoms with E-state index in [0.717, 1.165) is 0 Å². The SMILES string of the molecule is [N-]=[N+]=NC(N)=NC(=N)N. The maximum atomic E-state index is 7.74. The number of hydrogen-bond donors (Lipinski definition) is 3. The molecule has 0 bridgehead atoms. The summed E-state index contributed by atoms with van der Waals surface area (Å²) in [7, 11) is 0. The number of guanidine groups is 2. The number of nitrogens with one attached hydrogen (secondary N) is 1. The Morgan fingerprint density at radius 2 is 2.11 bits per heavy atom. The lowest BCUT2D eigenvalue weighted by Gasteiger charge is -1.85. The molecule has 0 spiro atoms. The fraction of sp³-hybridized carbons (Fsp3) is 0. The van der Waals surface area contributed by atoms with Crippen molar-refractivity contribution in [1.82, 2.24) is 0 Å². The van der Waals surface area contributed by atoms with E-state index in [-0.39, 0.29) is 5.96 Å². The molecule has 0 radical (unpaired) electrons. The standard InChI is InChI=1S/C2H5N7/c3-1(4)7-2(5)8-9-6/h(H5,3,4,5,7). The minimum Gasteiger partial charge on any atom is -0.382 e. The Morgan fingerprint density at radius 3 is 2.44 bits per heavy atom. The summed E-state index contributed by atoms with van der Waals surface area (Å²) in [5, 5.41) is 9.38. The van der Waals surface area contributed by atoms with E-state index in [2.05, 4.69) is 15.0 Å². The predicted molar refractivity (Wildman–Crippen MR) is 32.7 cm³/mol. The Kier molecular flexibility index (Phi) is 2.64. The van der Waals surface area contributed by atoms with Crippen LogP contribution < -0.4 is 11.5 Å². The highest BCUT2D eigenvalue weighted by atomic mass is 15.2. The summed E-state index contributed by atoms with van der Waals surface area (Å²) in [5.74, 6) is -0.843. The Labute approximate surface area is 50.5 Å². The monoisotopic (exact) mass is 127 g/mol. The smallest absolute Gasteiger partial charge is 0.214 e. The molecule has 0 fully saturated rings. The first kappa shape index (κ1) is 7.25. The summed E-state index contributed by atoms with van der Waals surface area (Å²) >= 11 is 0. The van der Waals surface area contributed by atoms with Crippen LogP contribution in [0.25, 0.3) is 10.4 Å². The molecule has 0 aromatic heterocycles. The lowest BCUT2D eigenvalue weighted by molar-refractivity contribution is 1.34. The minimum atomic E-state index is -0.486. The fourth-order valence-corrected chi connectivity index (χ4v) is 0.192. The number of hydrogen-bond acceptors (Lipinski definition) is 1. The second kappa shape index (κ2) is 3.28. The Bertz CT molecular complexity index is 183. The molecule has 0 atom stereocenters. The Balaban J connectivity index is 4.16. The van der Waals surface area contributed by atoms with Crippen molar-refractivity contribution in [3.63, 3.8) is 0 Å². The van der Waals surface area contributed by atoms with E-state index < -0.39 is 5.96 Å².